The maximum Gasteiger partial charge on any atom is 0.245 e. The van der Waals surface area contributed by atoms with E-state index >= 15 is 0 Å². The lowest BCUT2D eigenvalue weighted by molar-refractivity contribution is 0.194. The van der Waals surface area contributed by atoms with Gasteiger partial charge in [-0.25, -0.2) is 0 Å². The van der Waals surface area contributed by atoms with Gasteiger partial charge in [-0.3, -0.25) is 0 Å². The van der Waals surface area contributed by atoms with Gasteiger partial charge in [-0.05, 0) is 6.42 Å². The summed E-state index contributed by atoms with van der Waals surface area (Å²) in [5, 5.41) is 12.5. The number of aromatic nitrogens is 2. The maximum absolute atomic E-state index is 8.74. The molecule has 6 nitrogen and oxygen atoms in total. The first-order valence-corrected chi connectivity index (χ1v) is 4.45. The van der Waals surface area contributed by atoms with Gasteiger partial charge in [0.15, 0.2) is 5.82 Å². The normalized spacial score (nSPS) is 13.1. The minimum absolute atomic E-state index is 0.195. The number of hydrogen-bond acceptors (Lipinski definition) is 6. The minimum Gasteiger partial charge on any atom is -0.394 e. The summed E-state index contributed by atoms with van der Waals surface area (Å²) >= 11 is 0. The maximum atomic E-state index is 8.74. The Morgan fingerprint density at radius 3 is 3.07 bits per heavy atom. The van der Waals surface area contributed by atoms with Crippen LogP contribution in [0.4, 0.5) is 0 Å². The number of nitrogens with zero attached hydrogens (tertiary/aromatic N) is 2. The van der Waals surface area contributed by atoms with Gasteiger partial charge < -0.3 is 20.1 Å². The van der Waals surface area contributed by atoms with E-state index in [-0.39, 0.29) is 12.5 Å². The predicted molar refractivity (Wildman–Crippen MR) is 48.5 cm³/mol. The van der Waals surface area contributed by atoms with Crippen LogP contribution >= 0.6 is 0 Å². The third-order valence-electron chi connectivity index (χ3n) is 1.75. The van der Waals surface area contributed by atoms with Crippen molar-refractivity contribution in [2.75, 3.05) is 20.3 Å². The largest absolute Gasteiger partial charge is 0.394 e. The van der Waals surface area contributed by atoms with E-state index in [0.29, 0.717) is 18.9 Å². The fourth-order valence-corrected chi connectivity index (χ4v) is 0.972. The number of rotatable bonds is 6. The molecule has 0 bridgehead atoms. The highest BCUT2D eigenvalue weighted by Crippen LogP contribution is 2.07. The number of aliphatic hydroxyl groups is 1. The Labute approximate surface area is 82.1 Å². The second-order valence-corrected chi connectivity index (χ2v) is 2.93. The van der Waals surface area contributed by atoms with Crippen LogP contribution in [0.5, 0.6) is 0 Å². The third-order valence-corrected chi connectivity index (χ3v) is 1.75. The first-order valence-electron chi connectivity index (χ1n) is 4.45. The molecule has 0 aliphatic carbocycles. The molecule has 0 fully saturated rings. The fraction of sp³-hybridized carbons (Fsp3) is 0.750. The first-order chi connectivity index (χ1) is 6.77. The molecule has 0 aliphatic rings. The van der Waals surface area contributed by atoms with Crippen LogP contribution in [0.2, 0.25) is 0 Å². The second kappa shape index (κ2) is 5.69. The van der Waals surface area contributed by atoms with Crippen molar-refractivity contribution in [3.05, 3.63) is 11.7 Å². The second-order valence-electron chi connectivity index (χ2n) is 2.93. The van der Waals surface area contributed by atoms with Crippen molar-refractivity contribution in [2.24, 2.45) is 5.73 Å². The Bertz CT molecular complexity index is 264. The SMILES string of the molecule is COCCCc1noc([C@@H](N)CO)n1. The molecule has 1 aromatic rings. The van der Waals surface area contributed by atoms with Crippen molar-refractivity contribution in [1.29, 1.82) is 0 Å². The van der Waals surface area contributed by atoms with Crippen LogP contribution in [0.3, 0.4) is 0 Å². The quantitative estimate of drug-likeness (QED) is 0.610. The van der Waals surface area contributed by atoms with E-state index in [1.54, 1.807) is 7.11 Å². The van der Waals surface area contributed by atoms with Crippen molar-refractivity contribution in [2.45, 2.75) is 18.9 Å². The van der Waals surface area contributed by atoms with E-state index < -0.39 is 6.04 Å². The Kier molecular flexibility index (Phi) is 4.51. The highest BCUT2D eigenvalue weighted by Gasteiger charge is 2.12. The molecule has 0 saturated heterocycles. The van der Waals surface area contributed by atoms with E-state index in [1.807, 2.05) is 0 Å². The number of aryl methyl sites for hydroxylation is 1. The van der Waals surface area contributed by atoms with Gasteiger partial charge in [0, 0.05) is 20.1 Å². The molecule has 1 atom stereocenters. The Balaban J connectivity index is 2.42. The number of nitrogens with two attached hydrogens (primary N) is 1. The predicted octanol–water partition coefficient (Wildman–Crippen LogP) is -0.359. The van der Waals surface area contributed by atoms with Crippen LogP contribution in [0, 0.1) is 0 Å². The van der Waals surface area contributed by atoms with Gasteiger partial charge in [0.25, 0.3) is 0 Å². The Morgan fingerprint density at radius 1 is 1.64 bits per heavy atom. The molecule has 1 aromatic heterocycles. The van der Waals surface area contributed by atoms with Crippen molar-refractivity contribution in [3.8, 4) is 0 Å². The van der Waals surface area contributed by atoms with Crippen molar-refractivity contribution >= 4 is 0 Å². The van der Waals surface area contributed by atoms with Crippen LogP contribution in [0.25, 0.3) is 0 Å². The molecule has 0 saturated carbocycles. The lowest BCUT2D eigenvalue weighted by Gasteiger charge is -1.98. The molecule has 14 heavy (non-hydrogen) atoms. The van der Waals surface area contributed by atoms with Gasteiger partial charge in [0.2, 0.25) is 5.89 Å². The number of ether oxygens (including phenoxy) is 1. The van der Waals surface area contributed by atoms with Crippen LogP contribution < -0.4 is 5.73 Å². The summed E-state index contributed by atoms with van der Waals surface area (Å²) in [6.45, 7) is 0.468. The van der Waals surface area contributed by atoms with Gasteiger partial charge in [-0.2, -0.15) is 4.98 Å². The molecule has 0 radical (unpaired) electrons. The molecule has 0 aliphatic heterocycles. The smallest absolute Gasteiger partial charge is 0.245 e. The molecule has 3 N–H and O–H groups in total. The molecule has 0 spiro atoms. The highest BCUT2D eigenvalue weighted by molar-refractivity contribution is 4.91. The third kappa shape index (κ3) is 3.06. The van der Waals surface area contributed by atoms with Crippen LogP contribution in [0.15, 0.2) is 4.52 Å². The summed E-state index contributed by atoms with van der Waals surface area (Å²) in [6.07, 6.45) is 1.53. The lowest BCUT2D eigenvalue weighted by atomic mass is 10.3. The van der Waals surface area contributed by atoms with Crippen LogP contribution in [-0.4, -0.2) is 35.6 Å². The average Bonchev–Trinajstić information content (AvgIpc) is 2.66. The summed E-state index contributed by atoms with van der Waals surface area (Å²) < 4.78 is 9.75. The molecule has 0 amide bonds. The van der Waals surface area contributed by atoms with Crippen LogP contribution in [-0.2, 0) is 11.2 Å². The lowest BCUT2D eigenvalue weighted by Crippen LogP contribution is -2.14. The van der Waals surface area contributed by atoms with Gasteiger partial charge in [-0.1, -0.05) is 5.16 Å². The topological polar surface area (TPSA) is 94.4 Å². The van der Waals surface area contributed by atoms with E-state index in [2.05, 4.69) is 10.1 Å². The van der Waals surface area contributed by atoms with Crippen molar-refractivity contribution in [1.82, 2.24) is 10.1 Å². The number of hydrogen-bond donors (Lipinski definition) is 2. The van der Waals surface area contributed by atoms with Crippen LogP contribution in [0.1, 0.15) is 24.2 Å². The van der Waals surface area contributed by atoms with Gasteiger partial charge in [-0.15, -0.1) is 0 Å². The highest BCUT2D eigenvalue weighted by atomic mass is 16.5. The van der Waals surface area contributed by atoms with Crippen molar-refractivity contribution < 1.29 is 14.4 Å². The monoisotopic (exact) mass is 201 g/mol. The molecule has 6 heteroatoms. The number of aliphatic hydroxyl groups excluding tert-OH is 1. The van der Waals surface area contributed by atoms with Gasteiger partial charge in [0.1, 0.15) is 6.04 Å². The average molecular weight is 201 g/mol. The number of methoxy groups -OCH3 is 1. The Hall–Kier alpha value is -0.980. The molecular weight excluding hydrogens is 186 g/mol. The van der Waals surface area contributed by atoms with E-state index in [1.165, 1.54) is 0 Å². The van der Waals surface area contributed by atoms with Crippen molar-refractivity contribution in [3.63, 3.8) is 0 Å². The zero-order chi connectivity index (χ0) is 10.4. The minimum atomic E-state index is -0.585. The molecular formula is C8H15N3O3. The van der Waals surface area contributed by atoms with E-state index in [9.17, 15) is 0 Å². The van der Waals surface area contributed by atoms with Gasteiger partial charge in [0.05, 0.1) is 6.61 Å². The summed E-state index contributed by atoms with van der Waals surface area (Å²) in [5.41, 5.74) is 5.49. The fourth-order valence-electron chi connectivity index (χ4n) is 0.972. The first kappa shape index (κ1) is 11.1. The molecule has 1 heterocycles. The van der Waals surface area contributed by atoms with Gasteiger partial charge >= 0.3 is 0 Å². The van der Waals surface area contributed by atoms with E-state index in [4.69, 9.17) is 20.1 Å². The standard InChI is InChI=1S/C8H15N3O3/c1-13-4-2-3-7-10-8(14-11-7)6(9)5-12/h6,12H,2-5,9H2,1H3/t6-/m0/s1. The summed E-state index contributed by atoms with van der Waals surface area (Å²) in [5.74, 6) is 0.876. The summed E-state index contributed by atoms with van der Waals surface area (Å²) in [7, 11) is 1.64. The zero-order valence-corrected chi connectivity index (χ0v) is 8.14. The molecule has 0 aromatic carbocycles. The van der Waals surface area contributed by atoms with E-state index in [0.717, 1.165) is 6.42 Å². The summed E-state index contributed by atoms with van der Waals surface area (Å²) in [6, 6.07) is -0.585. The zero-order valence-electron chi connectivity index (χ0n) is 8.14. The molecule has 1 rings (SSSR count). The Morgan fingerprint density at radius 2 is 2.43 bits per heavy atom. The summed E-state index contributed by atoms with van der Waals surface area (Å²) in [4.78, 5) is 4.03. The molecule has 0 unspecified atom stereocenters. The molecule has 80 valence electrons.